The van der Waals surface area contributed by atoms with Gasteiger partial charge in [0.05, 0.1) is 6.61 Å². The van der Waals surface area contributed by atoms with Crippen LogP contribution in [0.3, 0.4) is 0 Å². The number of carbonyl (C=O) groups is 1. The highest BCUT2D eigenvalue weighted by molar-refractivity contribution is 6.08. The summed E-state index contributed by atoms with van der Waals surface area (Å²) in [4.78, 5) is 16.0. The third-order valence-electron chi connectivity index (χ3n) is 2.46. The number of allylic oxidation sites excluding steroid dienone is 1. The molecule has 0 unspecified atom stereocenters. The molecule has 0 fully saturated rings. The summed E-state index contributed by atoms with van der Waals surface area (Å²) in [7, 11) is 0. The maximum absolute atomic E-state index is 12.0. The van der Waals surface area contributed by atoms with E-state index < -0.39 is 0 Å². The molecular weight excluding hydrogens is 190 g/mol. The Morgan fingerprint density at radius 1 is 1.60 bits per heavy atom. The summed E-state index contributed by atoms with van der Waals surface area (Å²) in [5.41, 5.74) is 1.68. The van der Waals surface area contributed by atoms with E-state index >= 15 is 0 Å². The van der Waals surface area contributed by atoms with Gasteiger partial charge in [-0.25, -0.2) is 0 Å². The van der Waals surface area contributed by atoms with E-state index in [0.29, 0.717) is 17.9 Å². The molecule has 2 heterocycles. The Morgan fingerprint density at radius 2 is 2.47 bits per heavy atom. The Kier molecular flexibility index (Phi) is 2.81. The highest BCUT2D eigenvalue weighted by Gasteiger charge is 2.19. The largest absolute Gasteiger partial charge is 0.489 e. The molecule has 0 amide bonds. The van der Waals surface area contributed by atoms with Crippen molar-refractivity contribution in [3.8, 4) is 0 Å². The normalized spacial score (nSPS) is 14.6. The number of aryl methyl sites for hydroxylation is 1. The average Bonchev–Trinajstić information content (AvgIpc) is 2.81. The Balaban J connectivity index is 2.32. The van der Waals surface area contributed by atoms with Gasteiger partial charge < -0.3 is 4.74 Å². The molecule has 0 saturated carbocycles. The topological polar surface area (TPSA) is 39.2 Å². The molecule has 3 nitrogen and oxygen atoms in total. The first-order valence-electron chi connectivity index (χ1n) is 5.13. The smallest absolute Gasteiger partial charge is 0.227 e. The Bertz CT molecular complexity index is 410. The van der Waals surface area contributed by atoms with Crippen molar-refractivity contribution >= 4 is 5.78 Å². The Labute approximate surface area is 88.8 Å². The number of Topliss-reactive ketones (excluding diaryl/α,β-unsaturated/α-hetero) is 1. The highest BCUT2D eigenvalue weighted by Crippen LogP contribution is 2.18. The summed E-state index contributed by atoms with van der Waals surface area (Å²) < 4.78 is 5.26. The van der Waals surface area contributed by atoms with Crippen LogP contribution >= 0.6 is 0 Å². The van der Waals surface area contributed by atoms with Crippen molar-refractivity contribution in [1.82, 2.24) is 4.98 Å². The molecular formula is C12H13NO2. The molecule has 0 aliphatic carbocycles. The number of rotatable bonds is 3. The lowest BCUT2D eigenvalue weighted by atomic mass is 10.0. The van der Waals surface area contributed by atoms with Crippen molar-refractivity contribution in [1.29, 1.82) is 0 Å². The average molecular weight is 203 g/mol. The lowest BCUT2D eigenvalue weighted by Gasteiger charge is -2.06. The maximum atomic E-state index is 12.0. The van der Waals surface area contributed by atoms with Crippen LogP contribution in [-0.4, -0.2) is 17.4 Å². The predicted molar refractivity (Wildman–Crippen MR) is 56.6 cm³/mol. The molecule has 0 aromatic carbocycles. The number of carbonyl (C=O) groups excluding carboxylic acids is 1. The number of hydrogen-bond acceptors (Lipinski definition) is 3. The van der Waals surface area contributed by atoms with Crippen molar-refractivity contribution in [3.63, 3.8) is 0 Å². The zero-order valence-corrected chi connectivity index (χ0v) is 8.69. The van der Waals surface area contributed by atoms with E-state index in [1.54, 1.807) is 18.5 Å². The van der Waals surface area contributed by atoms with Gasteiger partial charge in [-0.1, -0.05) is 6.92 Å². The van der Waals surface area contributed by atoms with Crippen LogP contribution in [0, 0.1) is 0 Å². The number of pyridine rings is 1. The highest BCUT2D eigenvalue weighted by atomic mass is 16.5. The van der Waals surface area contributed by atoms with Gasteiger partial charge in [-0.15, -0.1) is 0 Å². The van der Waals surface area contributed by atoms with Gasteiger partial charge in [0.15, 0.2) is 5.76 Å². The van der Waals surface area contributed by atoms with Crippen molar-refractivity contribution in [2.75, 3.05) is 6.61 Å². The van der Waals surface area contributed by atoms with E-state index in [1.807, 2.05) is 13.0 Å². The molecule has 1 aromatic heterocycles. The molecule has 1 aliphatic heterocycles. The van der Waals surface area contributed by atoms with Crippen molar-refractivity contribution < 1.29 is 9.53 Å². The van der Waals surface area contributed by atoms with Gasteiger partial charge in [-0.3, -0.25) is 9.78 Å². The fourth-order valence-corrected chi connectivity index (χ4v) is 1.64. The van der Waals surface area contributed by atoms with E-state index in [0.717, 1.165) is 18.4 Å². The summed E-state index contributed by atoms with van der Waals surface area (Å²) in [5.74, 6) is 0.461. The Hall–Kier alpha value is -1.64. The molecule has 3 heteroatoms. The zero-order valence-electron chi connectivity index (χ0n) is 8.69. The first-order valence-corrected chi connectivity index (χ1v) is 5.13. The third kappa shape index (κ3) is 1.91. The second kappa shape index (κ2) is 4.26. The summed E-state index contributed by atoms with van der Waals surface area (Å²) >= 11 is 0. The minimum atomic E-state index is -0.0215. The van der Waals surface area contributed by atoms with Gasteiger partial charge in [-0.05, 0) is 24.1 Å². The lowest BCUT2D eigenvalue weighted by molar-refractivity contribution is 0.0941. The molecule has 2 rings (SSSR count). The summed E-state index contributed by atoms with van der Waals surface area (Å²) in [5, 5.41) is 0. The molecule has 0 saturated heterocycles. The summed E-state index contributed by atoms with van der Waals surface area (Å²) in [6.45, 7) is 2.63. The van der Waals surface area contributed by atoms with Gasteiger partial charge in [0.1, 0.15) is 0 Å². The van der Waals surface area contributed by atoms with E-state index in [1.165, 1.54) is 0 Å². The predicted octanol–water partition coefficient (Wildman–Crippen LogP) is 2.13. The molecule has 15 heavy (non-hydrogen) atoms. The van der Waals surface area contributed by atoms with Gasteiger partial charge >= 0.3 is 0 Å². The van der Waals surface area contributed by atoms with Crippen LogP contribution in [-0.2, 0) is 11.2 Å². The van der Waals surface area contributed by atoms with Gasteiger partial charge in [-0.2, -0.15) is 0 Å². The quantitative estimate of drug-likeness (QED) is 0.706. The van der Waals surface area contributed by atoms with Crippen LogP contribution in [0.2, 0.25) is 0 Å². The molecule has 78 valence electrons. The molecule has 0 spiro atoms. The number of ether oxygens (including phenoxy) is 1. The number of hydrogen-bond donors (Lipinski definition) is 0. The number of aromatic nitrogens is 1. The van der Waals surface area contributed by atoms with Gasteiger partial charge in [0.25, 0.3) is 0 Å². The molecule has 1 aliphatic rings. The molecule has 1 aromatic rings. The van der Waals surface area contributed by atoms with Crippen molar-refractivity contribution in [2.24, 2.45) is 0 Å². The van der Waals surface area contributed by atoms with Crippen LogP contribution < -0.4 is 0 Å². The second-order valence-electron chi connectivity index (χ2n) is 3.42. The third-order valence-corrected chi connectivity index (χ3v) is 2.46. The van der Waals surface area contributed by atoms with Crippen LogP contribution in [0.4, 0.5) is 0 Å². The standard InChI is InChI=1S/C12H13NO2/c1-2-9-8-13-6-5-10(9)12(14)11-4-3-7-15-11/h4-6,8H,2-3,7H2,1H3. The van der Waals surface area contributed by atoms with Crippen LogP contribution in [0.25, 0.3) is 0 Å². The number of ketones is 1. The first-order chi connectivity index (χ1) is 7.33. The zero-order chi connectivity index (χ0) is 10.7. The maximum Gasteiger partial charge on any atom is 0.227 e. The monoisotopic (exact) mass is 203 g/mol. The fourth-order valence-electron chi connectivity index (χ4n) is 1.64. The van der Waals surface area contributed by atoms with E-state index in [2.05, 4.69) is 4.98 Å². The summed E-state index contributed by atoms with van der Waals surface area (Å²) in [6.07, 6.45) is 6.86. The van der Waals surface area contributed by atoms with E-state index in [9.17, 15) is 4.79 Å². The van der Waals surface area contributed by atoms with Crippen LogP contribution in [0.15, 0.2) is 30.3 Å². The van der Waals surface area contributed by atoms with Crippen molar-refractivity contribution in [2.45, 2.75) is 19.8 Å². The van der Waals surface area contributed by atoms with Crippen LogP contribution in [0.1, 0.15) is 29.3 Å². The molecule has 0 radical (unpaired) electrons. The van der Waals surface area contributed by atoms with Crippen LogP contribution in [0.5, 0.6) is 0 Å². The van der Waals surface area contributed by atoms with E-state index in [-0.39, 0.29) is 5.78 Å². The lowest BCUT2D eigenvalue weighted by Crippen LogP contribution is -2.07. The molecule has 0 N–H and O–H groups in total. The molecule has 0 atom stereocenters. The minimum absolute atomic E-state index is 0.0215. The van der Waals surface area contributed by atoms with Crippen molar-refractivity contribution in [3.05, 3.63) is 41.4 Å². The Morgan fingerprint density at radius 3 is 3.13 bits per heavy atom. The minimum Gasteiger partial charge on any atom is -0.489 e. The molecule has 0 bridgehead atoms. The fraction of sp³-hybridized carbons (Fsp3) is 0.333. The second-order valence-corrected chi connectivity index (χ2v) is 3.42. The first kappa shape index (κ1) is 9.90. The van der Waals surface area contributed by atoms with Gasteiger partial charge in [0.2, 0.25) is 5.78 Å². The van der Waals surface area contributed by atoms with Gasteiger partial charge in [0, 0.05) is 24.4 Å². The number of nitrogens with zero attached hydrogens (tertiary/aromatic N) is 1. The summed E-state index contributed by atoms with van der Waals surface area (Å²) in [6, 6.07) is 1.75. The SMILES string of the molecule is CCc1cnccc1C(=O)C1=CCCO1. The van der Waals surface area contributed by atoms with E-state index in [4.69, 9.17) is 4.74 Å².